The number of nitrogens with one attached hydrogen (secondary N) is 3. The second kappa shape index (κ2) is 21.9. The van der Waals surface area contributed by atoms with Gasteiger partial charge in [-0.05, 0) is 151 Å². The predicted molar refractivity (Wildman–Crippen MR) is 260 cm³/mol. The zero-order valence-corrected chi connectivity index (χ0v) is 41.9. The van der Waals surface area contributed by atoms with E-state index in [0.29, 0.717) is 69.3 Å². The van der Waals surface area contributed by atoms with Crippen molar-refractivity contribution in [1.29, 1.82) is 0 Å². The SMILES string of the molecule is Cc1cc(C(=O)NC2CCN(C(=O)OC(C)(C)C)CC2)ccc1-c1ccc(C[C@H](CC(=O)C2CCC(CNC(=O)OC(C)(C)C)CC2)C(=O)Nc2ccc3c(c2)N=C(C(F)(F)C(F)(F)C(F)(F)C(=O)O)C3)cc1. The molecule has 6 rings (SSSR count). The van der Waals surface area contributed by atoms with Gasteiger partial charge in [0.1, 0.15) is 17.0 Å². The number of rotatable bonds is 16. The number of aliphatic carboxylic acids is 1. The number of alkyl carbamates (subject to hydrolysis) is 1. The first-order chi connectivity index (χ1) is 33.9. The second-order valence-electron chi connectivity index (χ2n) is 21.2. The summed E-state index contributed by atoms with van der Waals surface area (Å²) in [5.74, 6) is -23.8. The minimum atomic E-state index is -6.33. The number of nitrogens with zero attached hydrogens (tertiary/aromatic N) is 2. The van der Waals surface area contributed by atoms with Crippen LogP contribution < -0.4 is 16.0 Å². The zero-order chi connectivity index (χ0) is 53.8. The van der Waals surface area contributed by atoms with Crippen molar-refractivity contribution in [2.75, 3.05) is 25.0 Å². The van der Waals surface area contributed by atoms with E-state index in [-0.39, 0.29) is 65.4 Å². The molecule has 3 aromatic rings. The molecule has 1 atom stereocenters. The fourth-order valence-corrected chi connectivity index (χ4v) is 9.13. The van der Waals surface area contributed by atoms with Crippen molar-refractivity contribution in [1.82, 2.24) is 15.5 Å². The van der Waals surface area contributed by atoms with Gasteiger partial charge in [0.05, 0.1) is 11.4 Å². The maximum Gasteiger partial charge on any atom is 0.410 e. The van der Waals surface area contributed by atoms with Crippen molar-refractivity contribution < 1.29 is 69.7 Å². The molecule has 0 spiro atoms. The lowest BCUT2D eigenvalue weighted by molar-refractivity contribution is -0.281. The van der Waals surface area contributed by atoms with E-state index in [4.69, 9.17) is 14.6 Å². The summed E-state index contributed by atoms with van der Waals surface area (Å²) in [6, 6.07) is 16.1. The van der Waals surface area contributed by atoms with E-state index in [1.807, 2.05) is 37.3 Å². The molecule has 1 saturated heterocycles. The van der Waals surface area contributed by atoms with Gasteiger partial charge in [0.2, 0.25) is 5.91 Å². The lowest BCUT2D eigenvalue weighted by Gasteiger charge is -2.33. The molecule has 2 fully saturated rings. The number of aliphatic imine (C=N–C) groups is 1. The van der Waals surface area contributed by atoms with Crippen LogP contribution in [0.15, 0.2) is 65.7 Å². The van der Waals surface area contributed by atoms with E-state index in [0.717, 1.165) is 22.8 Å². The van der Waals surface area contributed by atoms with Gasteiger partial charge in [-0.2, -0.15) is 26.3 Å². The van der Waals surface area contributed by atoms with Crippen LogP contribution >= 0.6 is 0 Å². The summed E-state index contributed by atoms with van der Waals surface area (Å²) >= 11 is 0. The van der Waals surface area contributed by atoms with Crippen molar-refractivity contribution in [3.05, 3.63) is 82.9 Å². The molecule has 0 radical (unpaired) electrons. The summed E-state index contributed by atoms with van der Waals surface area (Å²) in [6.45, 7) is 13.8. The average Bonchev–Trinajstić information content (AvgIpc) is 3.74. The number of carbonyl (C=O) groups is 6. The number of ether oxygens (including phenoxy) is 2. The number of hydrogen-bond donors (Lipinski definition) is 4. The normalized spacial score (nSPS) is 18.2. The first kappa shape index (κ1) is 55.8. The summed E-state index contributed by atoms with van der Waals surface area (Å²) in [5, 5.41) is 17.1. The number of halogens is 6. The third kappa shape index (κ3) is 13.8. The maximum atomic E-state index is 14.9. The monoisotopic (exact) mass is 1030 g/mol. The Morgan fingerprint density at radius 2 is 1.42 bits per heavy atom. The van der Waals surface area contributed by atoms with Crippen LogP contribution in [0.4, 0.5) is 47.3 Å². The first-order valence-electron chi connectivity index (χ1n) is 24.3. The van der Waals surface area contributed by atoms with Crippen molar-refractivity contribution in [2.24, 2.45) is 22.7 Å². The first-order valence-corrected chi connectivity index (χ1v) is 24.3. The molecule has 1 aliphatic carbocycles. The third-order valence-electron chi connectivity index (χ3n) is 13.2. The number of alkyl halides is 6. The standard InChI is InChI=1S/C53H63F6N5O9/c1-30-24-36(44(66)61-38-20-22-64(23-21-38)48(71)73-50(5,6)7)17-19-40(30)33-12-8-31(9-13-33)25-37(26-42(65)34-14-10-32(11-15-34)29-60-47(70)72-49(2,3)4)45(67)62-39-18-16-35-27-43(63-41(35)28-39)51(54,55)53(58,59)52(56,57)46(68)69/h8-9,12-13,16-19,24,28,32,34,37-38H,10-11,14-15,20-23,25-27,29H2,1-7H3,(H,60,70)(H,61,66)(H,62,67)(H,68,69)/t32?,34?,37-/m1/s1. The van der Waals surface area contributed by atoms with Gasteiger partial charge < -0.3 is 35.4 Å². The van der Waals surface area contributed by atoms with Crippen LogP contribution in [0, 0.1) is 24.7 Å². The Hall–Kier alpha value is -6.47. The number of anilines is 1. The van der Waals surface area contributed by atoms with Crippen molar-refractivity contribution >= 4 is 52.8 Å². The molecular formula is C53H63F6N5O9. The highest BCUT2D eigenvalue weighted by Crippen LogP contribution is 2.49. The Balaban J connectivity index is 1.14. The molecule has 14 nitrogen and oxygen atoms in total. The molecule has 3 aliphatic rings. The average molecular weight is 1030 g/mol. The predicted octanol–water partition coefficient (Wildman–Crippen LogP) is 10.5. The number of amides is 4. The number of ketones is 1. The largest absolute Gasteiger partial charge is 0.477 e. The summed E-state index contributed by atoms with van der Waals surface area (Å²) in [6.07, 6.45) is 1.45. The summed E-state index contributed by atoms with van der Waals surface area (Å²) in [7, 11) is 0. The smallest absolute Gasteiger partial charge is 0.410 e. The van der Waals surface area contributed by atoms with Gasteiger partial charge in [0, 0.05) is 61.6 Å². The van der Waals surface area contributed by atoms with Crippen LogP contribution in [0.3, 0.4) is 0 Å². The molecule has 4 amide bonds. The Bertz CT molecular complexity index is 2590. The molecule has 2 aliphatic heterocycles. The number of fused-ring (bicyclic) bond motifs is 1. The van der Waals surface area contributed by atoms with Crippen LogP contribution in [-0.2, 0) is 36.7 Å². The highest BCUT2D eigenvalue weighted by molar-refractivity contribution is 6.02. The van der Waals surface area contributed by atoms with Crippen molar-refractivity contribution in [3.63, 3.8) is 0 Å². The van der Waals surface area contributed by atoms with Gasteiger partial charge in [-0.1, -0.05) is 36.4 Å². The fraction of sp³-hybridized carbons (Fsp3) is 0.528. The Kier molecular flexibility index (Phi) is 16.8. The van der Waals surface area contributed by atoms with Crippen LogP contribution in [0.2, 0.25) is 0 Å². The van der Waals surface area contributed by atoms with Gasteiger partial charge in [-0.25, -0.2) is 14.4 Å². The maximum absolute atomic E-state index is 14.9. The lowest BCUT2D eigenvalue weighted by Crippen LogP contribution is -2.61. The molecule has 2 heterocycles. The third-order valence-corrected chi connectivity index (χ3v) is 13.2. The van der Waals surface area contributed by atoms with E-state index in [1.54, 1.807) is 58.6 Å². The number of aryl methyl sites for hydroxylation is 1. The highest BCUT2D eigenvalue weighted by Gasteiger charge is 2.77. The number of Topliss-reactive ketones (excluding diaryl/α,β-unsaturated/α-hetero) is 1. The zero-order valence-electron chi connectivity index (χ0n) is 41.9. The number of carboxylic acid groups (broad SMARTS) is 1. The molecular weight excluding hydrogens is 965 g/mol. The molecule has 0 bridgehead atoms. The van der Waals surface area contributed by atoms with Gasteiger partial charge >= 0.3 is 35.9 Å². The van der Waals surface area contributed by atoms with E-state index in [2.05, 4.69) is 20.9 Å². The lowest BCUT2D eigenvalue weighted by atomic mass is 9.77. The van der Waals surface area contributed by atoms with Crippen molar-refractivity contribution in [2.45, 2.75) is 141 Å². The van der Waals surface area contributed by atoms with E-state index < -0.39 is 65.0 Å². The summed E-state index contributed by atoms with van der Waals surface area (Å²) in [5.41, 5.74) is 0.265. The molecule has 20 heteroatoms. The topological polar surface area (TPSA) is 193 Å². The number of piperidine rings is 1. The Morgan fingerprint density at radius 3 is 2.01 bits per heavy atom. The minimum Gasteiger partial charge on any atom is -0.477 e. The second-order valence-corrected chi connectivity index (χ2v) is 21.2. The minimum absolute atomic E-state index is 0.0123. The number of benzene rings is 3. The highest BCUT2D eigenvalue weighted by atomic mass is 19.3. The van der Waals surface area contributed by atoms with E-state index in [1.165, 1.54) is 12.1 Å². The van der Waals surface area contributed by atoms with Crippen molar-refractivity contribution in [3.8, 4) is 11.1 Å². The number of carboxylic acids is 1. The molecule has 1 saturated carbocycles. The quantitative estimate of drug-likeness (QED) is 0.101. The number of likely N-dealkylation sites (tertiary alicyclic amines) is 1. The number of carbonyl (C=O) groups excluding carboxylic acids is 5. The summed E-state index contributed by atoms with van der Waals surface area (Å²) in [4.78, 5) is 82.0. The van der Waals surface area contributed by atoms with Gasteiger partial charge in [0.25, 0.3) is 5.91 Å². The fourth-order valence-electron chi connectivity index (χ4n) is 9.13. The molecule has 0 unspecified atom stereocenters. The molecule has 73 heavy (non-hydrogen) atoms. The Morgan fingerprint density at radius 1 is 0.795 bits per heavy atom. The van der Waals surface area contributed by atoms with Crippen LogP contribution in [0.25, 0.3) is 11.1 Å². The summed E-state index contributed by atoms with van der Waals surface area (Å²) < 4.78 is 97.1. The molecule has 396 valence electrons. The van der Waals surface area contributed by atoms with Gasteiger partial charge in [0.15, 0.2) is 0 Å². The Labute approximate surface area is 420 Å². The molecule has 0 aromatic heterocycles. The van der Waals surface area contributed by atoms with Gasteiger partial charge in [-0.3, -0.25) is 19.4 Å². The van der Waals surface area contributed by atoms with E-state index >= 15 is 0 Å². The van der Waals surface area contributed by atoms with Gasteiger partial charge in [-0.15, -0.1) is 0 Å². The van der Waals surface area contributed by atoms with Crippen LogP contribution in [0.5, 0.6) is 0 Å². The van der Waals surface area contributed by atoms with Crippen LogP contribution in [0.1, 0.15) is 114 Å². The molecule has 4 N–H and O–H groups in total. The van der Waals surface area contributed by atoms with E-state index in [9.17, 15) is 55.1 Å². The molecule has 3 aromatic carbocycles. The number of hydrogen-bond acceptors (Lipinski definition) is 9. The van der Waals surface area contributed by atoms with Crippen LogP contribution in [-0.4, -0.2) is 106 Å².